The van der Waals surface area contributed by atoms with E-state index in [0.717, 1.165) is 44.6 Å². The van der Waals surface area contributed by atoms with E-state index >= 15 is 0 Å². The molecular formula is C26H38N6. The molecule has 172 valence electrons. The highest BCUT2D eigenvalue weighted by molar-refractivity contribution is 5.35. The van der Waals surface area contributed by atoms with Crippen molar-refractivity contribution in [3.05, 3.63) is 54.5 Å². The van der Waals surface area contributed by atoms with Gasteiger partial charge in [0.2, 0.25) is 0 Å². The van der Waals surface area contributed by atoms with E-state index in [9.17, 15) is 0 Å². The van der Waals surface area contributed by atoms with E-state index in [2.05, 4.69) is 59.9 Å². The molecule has 0 spiro atoms. The molecule has 0 amide bonds. The van der Waals surface area contributed by atoms with Crippen molar-refractivity contribution in [2.24, 2.45) is 0 Å². The number of benzene rings is 1. The molecule has 0 bridgehead atoms. The molecule has 3 saturated heterocycles. The van der Waals surface area contributed by atoms with Gasteiger partial charge in [0, 0.05) is 57.2 Å². The highest BCUT2D eigenvalue weighted by Gasteiger charge is 2.30. The van der Waals surface area contributed by atoms with Gasteiger partial charge in [-0.2, -0.15) is 0 Å². The Morgan fingerprint density at radius 2 is 1.56 bits per heavy atom. The zero-order chi connectivity index (χ0) is 21.6. The SMILES string of the molecule is c1ccc(C(CN2CCC(N3CCCCC3)CC2)N2CCN(c3cnccn3)CC2)cc1. The maximum atomic E-state index is 4.50. The van der Waals surface area contributed by atoms with Crippen LogP contribution in [0.3, 0.4) is 0 Å². The van der Waals surface area contributed by atoms with Crippen molar-refractivity contribution >= 4 is 5.82 Å². The lowest BCUT2D eigenvalue weighted by Crippen LogP contribution is -2.52. The van der Waals surface area contributed by atoms with Gasteiger partial charge in [-0.25, -0.2) is 4.98 Å². The summed E-state index contributed by atoms with van der Waals surface area (Å²) in [6, 6.07) is 12.4. The van der Waals surface area contributed by atoms with E-state index in [1.807, 2.05) is 6.20 Å². The first kappa shape index (κ1) is 21.8. The molecule has 5 rings (SSSR count). The zero-order valence-corrected chi connectivity index (χ0v) is 19.4. The van der Waals surface area contributed by atoms with Crippen molar-refractivity contribution in [1.82, 2.24) is 24.7 Å². The molecular weight excluding hydrogens is 396 g/mol. The zero-order valence-electron chi connectivity index (χ0n) is 19.4. The van der Waals surface area contributed by atoms with Crippen LogP contribution >= 0.6 is 0 Å². The monoisotopic (exact) mass is 434 g/mol. The third-order valence-electron chi connectivity index (χ3n) is 7.71. The summed E-state index contributed by atoms with van der Waals surface area (Å²) in [5, 5.41) is 0. The number of likely N-dealkylation sites (tertiary alicyclic amines) is 2. The predicted octanol–water partition coefficient (Wildman–Crippen LogP) is 3.29. The lowest BCUT2D eigenvalue weighted by molar-refractivity contribution is 0.0699. The van der Waals surface area contributed by atoms with Gasteiger partial charge in [-0.3, -0.25) is 9.88 Å². The molecule has 3 aliphatic heterocycles. The highest BCUT2D eigenvalue weighted by atomic mass is 15.3. The molecule has 1 aromatic carbocycles. The molecule has 32 heavy (non-hydrogen) atoms. The van der Waals surface area contributed by atoms with Crippen molar-refractivity contribution in [3.8, 4) is 0 Å². The fraction of sp³-hybridized carbons (Fsp3) is 0.615. The fourth-order valence-electron chi connectivity index (χ4n) is 5.82. The van der Waals surface area contributed by atoms with Gasteiger partial charge in [0.1, 0.15) is 5.82 Å². The number of piperazine rings is 1. The molecule has 3 aliphatic rings. The quantitative estimate of drug-likeness (QED) is 0.695. The van der Waals surface area contributed by atoms with Crippen molar-refractivity contribution in [2.45, 2.75) is 44.2 Å². The summed E-state index contributed by atoms with van der Waals surface area (Å²) < 4.78 is 0. The van der Waals surface area contributed by atoms with E-state index in [4.69, 9.17) is 0 Å². The number of piperidine rings is 2. The van der Waals surface area contributed by atoms with Crippen molar-refractivity contribution in [2.75, 3.05) is 63.8 Å². The third kappa shape index (κ3) is 5.30. The van der Waals surface area contributed by atoms with Crippen molar-refractivity contribution < 1.29 is 0 Å². The van der Waals surface area contributed by atoms with Gasteiger partial charge in [0.25, 0.3) is 0 Å². The van der Waals surface area contributed by atoms with E-state index in [0.29, 0.717) is 6.04 Å². The maximum absolute atomic E-state index is 4.50. The summed E-state index contributed by atoms with van der Waals surface area (Å²) in [6.07, 6.45) is 12.3. The fourth-order valence-corrected chi connectivity index (χ4v) is 5.82. The predicted molar refractivity (Wildman–Crippen MR) is 130 cm³/mol. The molecule has 4 heterocycles. The standard InChI is InChI=1S/C26H38N6/c1-3-7-23(8-4-1)25(31-17-19-32(20-18-31)26-21-27-11-12-28-26)22-29-15-9-24(10-16-29)30-13-5-2-6-14-30/h1,3-4,7-8,11-12,21,24-25H,2,5-6,9-10,13-20,22H2. The van der Waals surface area contributed by atoms with Gasteiger partial charge >= 0.3 is 0 Å². The molecule has 3 fully saturated rings. The molecule has 6 nitrogen and oxygen atoms in total. The molecule has 0 aliphatic carbocycles. The number of aromatic nitrogens is 2. The van der Waals surface area contributed by atoms with Gasteiger partial charge in [0.15, 0.2) is 0 Å². The Morgan fingerprint density at radius 3 is 2.25 bits per heavy atom. The molecule has 1 aromatic heterocycles. The smallest absolute Gasteiger partial charge is 0.147 e. The Hall–Kier alpha value is -2.02. The molecule has 0 saturated carbocycles. The third-order valence-corrected chi connectivity index (χ3v) is 7.71. The molecule has 6 heteroatoms. The van der Waals surface area contributed by atoms with E-state index < -0.39 is 0 Å². The van der Waals surface area contributed by atoms with Crippen LogP contribution in [0.15, 0.2) is 48.9 Å². The van der Waals surface area contributed by atoms with Crippen LogP contribution in [0, 0.1) is 0 Å². The number of hydrogen-bond acceptors (Lipinski definition) is 6. The maximum Gasteiger partial charge on any atom is 0.147 e. The topological polar surface area (TPSA) is 38.7 Å². The van der Waals surface area contributed by atoms with Crippen LogP contribution in [0.25, 0.3) is 0 Å². The van der Waals surface area contributed by atoms with Gasteiger partial charge < -0.3 is 14.7 Å². The minimum absolute atomic E-state index is 0.465. The Kier molecular flexibility index (Phi) is 7.31. The van der Waals surface area contributed by atoms with Gasteiger partial charge in [0.05, 0.1) is 6.20 Å². The van der Waals surface area contributed by atoms with Crippen molar-refractivity contribution in [3.63, 3.8) is 0 Å². The van der Waals surface area contributed by atoms with Crippen LogP contribution in [-0.2, 0) is 0 Å². The van der Waals surface area contributed by atoms with E-state index in [1.165, 1.54) is 63.8 Å². The number of rotatable bonds is 6. The average Bonchev–Trinajstić information content (AvgIpc) is 2.89. The Bertz CT molecular complexity index is 794. The minimum Gasteiger partial charge on any atom is -0.353 e. The van der Waals surface area contributed by atoms with Crippen LogP contribution < -0.4 is 4.90 Å². The first-order chi connectivity index (χ1) is 15.9. The second kappa shape index (κ2) is 10.7. The van der Waals surface area contributed by atoms with Gasteiger partial charge in [-0.15, -0.1) is 0 Å². The van der Waals surface area contributed by atoms with Crippen LogP contribution in [0.4, 0.5) is 5.82 Å². The normalized spacial score (nSPS) is 23.3. The van der Waals surface area contributed by atoms with Crippen molar-refractivity contribution in [1.29, 1.82) is 0 Å². The number of hydrogen-bond donors (Lipinski definition) is 0. The van der Waals surface area contributed by atoms with E-state index in [-0.39, 0.29) is 0 Å². The second-order valence-corrected chi connectivity index (χ2v) is 9.64. The molecule has 2 aromatic rings. The Balaban J connectivity index is 1.20. The summed E-state index contributed by atoms with van der Waals surface area (Å²) in [5.74, 6) is 1.00. The minimum atomic E-state index is 0.465. The van der Waals surface area contributed by atoms with Gasteiger partial charge in [-0.05, 0) is 57.4 Å². The second-order valence-electron chi connectivity index (χ2n) is 9.64. The summed E-state index contributed by atoms with van der Waals surface area (Å²) in [7, 11) is 0. The molecule has 1 atom stereocenters. The Morgan fingerprint density at radius 1 is 0.812 bits per heavy atom. The molecule has 1 unspecified atom stereocenters. The van der Waals surface area contributed by atoms with E-state index in [1.54, 1.807) is 12.4 Å². The highest BCUT2D eigenvalue weighted by Crippen LogP contribution is 2.27. The van der Waals surface area contributed by atoms with Gasteiger partial charge in [-0.1, -0.05) is 36.8 Å². The first-order valence-electron chi connectivity index (χ1n) is 12.6. The first-order valence-corrected chi connectivity index (χ1v) is 12.6. The Labute approximate surface area is 193 Å². The largest absolute Gasteiger partial charge is 0.353 e. The van der Waals surface area contributed by atoms with Crippen LogP contribution in [0.5, 0.6) is 0 Å². The lowest BCUT2D eigenvalue weighted by atomic mass is 9.98. The van der Waals surface area contributed by atoms with Crippen LogP contribution in [0.1, 0.15) is 43.7 Å². The summed E-state index contributed by atoms with van der Waals surface area (Å²) in [5.41, 5.74) is 1.46. The summed E-state index contributed by atoms with van der Waals surface area (Å²) >= 11 is 0. The average molecular weight is 435 g/mol. The summed E-state index contributed by atoms with van der Waals surface area (Å²) in [4.78, 5) is 19.3. The number of anilines is 1. The number of nitrogens with zero attached hydrogens (tertiary/aromatic N) is 6. The van der Waals surface area contributed by atoms with Crippen LogP contribution in [-0.4, -0.2) is 89.6 Å². The van der Waals surface area contributed by atoms with Crippen LogP contribution in [0.2, 0.25) is 0 Å². The molecule has 0 radical (unpaired) electrons. The molecule has 0 N–H and O–H groups in total. The lowest BCUT2D eigenvalue weighted by Gasteiger charge is -2.44. The summed E-state index contributed by atoms with van der Waals surface area (Å²) in [6.45, 7) is 10.4.